The van der Waals surface area contributed by atoms with Gasteiger partial charge in [0.1, 0.15) is 0 Å². The van der Waals surface area contributed by atoms with Gasteiger partial charge in [-0.05, 0) is 26.3 Å². The van der Waals surface area contributed by atoms with E-state index >= 15 is 0 Å². The Morgan fingerprint density at radius 3 is 2.15 bits per heavy atom. The van der Waals surface area contributed by atoms with E-state index in [-0.39, 0.29) is 5.78 Å². The highest BCUT2D eigenvalue weighted by atomic mass is 16.1. The third-order valence-electron chi connectivity index (χ3n) is 2.38. The highest BCUT2D eigenvalue weighted by molar-refractivity contribution is 5.86. The molecule has 70 valence electrons. The molecule has 0 aliphatic heterocycles. The molecule has 1 unspecified atom stereocenters. The molecular weight excluding hydrogens is 162 g/mol. The maximum Gasteiger partial charge on any atom is 0.153 e. The Balaban J connectivity index is 3.08. The van der Waals surface area contributed by atoms with Crippen molar-refractivity contribution in [2.75, 3.05) is 0 Å². The lowest BCUT2D eigenvalue weighted by molar-refractivity contribution is -0.121. The zero-order valence-electron chi connectivity index (χ0n) is 8.29. The Kier molecular flexibility index (Phi) is 2.52. The fourth-order valence-corrected chi connectivity index (χ4v) is 1.10. The minimum Gasteiger partial charge on any atom is -0.316 e. The van der Waals surface area contributed by atoms with Crippen molar-refractivity contribution in [3.63, 3.8) is 0 Å². The predicted molar refractivity (Wildman–Crippen MR) is 53.4 cm³/mol. The van der Waals surface area contributed by atoms with E-state index in [1.807, 2.05) is 31.2 Å². The molecule has 0 aromatic heterocycles. The summed E-state index contributed by atoms with van der Waals surface area (Å²) in [7, 11) is 0. The molecule has 0 amide bonds. The highest BCUT2D eigenvalue weighted by Gasteiger charge is 2.26. The molecule has 0 saturated carbocycles. The Morgan fingerprint density at radius 2 is 1.77 bits per heavy atom. The van der Waals surface area contributed by atoms with Gasteiger partial charge in [-0.15, -0.1) is 0 Å². The summed E-state index contributed by atoms with van der Waals surface area (Å²) >= 11 is 0. The highest BCUT2D eigenvalue weighted by Crippen LogP contribution is 2.18. The van der Waals surface area contributed by atoms with Gasteiger partial charge in [-0.3, -0.25) is 4.79 Å². The average Bonchev–Trinajstić information content (AvgIpc) is 2.04. The van der Waals surface area contributed by atoms with Crippen molar-refractivity contribution in [1.29, 1.82) is 0 Å². The fraction of sp³-hybridized carbons (Fsp3) is 0.364. The number of hydrogen-bond acceptors (Lipinski definition) is 2. The SMILES string of the molecule is CC(=O)C(C)(N)c1ccc(C)cc1. The van der Waals surface area contributed by atoms with Gasteiger partial charge in [0.15, 0.2) is 5.78 Å². The number of aryl methyl sites for hydroxylation is 1. The molecular formula is C11H15NO. The number of carbonyl (C=O) groups is 1. The first kappa shape index (κ1) is 9.93. The van der Waals surface area contributed by atoms with Gasteiger partial charge in [0, 0.05) is 0 Å². The Morgan fingerprint density at radius 1 is 1.31 bits per heavy atom. The van der Waals surface area contributed by atoms with Crippen LogP contribution in [0.4, 0.5) is 0 Å². The zero-order chi connectivity index (χ0) is 10.1. The molecule has 0 spiro atoms. The molecule has 0 bridgehead atoms. The van der Waals surface area contributed by atoms with E-state index in [1.165, 1.54) is 12.5 Å². The van der Waals surface area contributed by atoms with Crippen molar-refractivity contribution in [3.8, 4) is 0 Å². The normalized spacial score (nSPS) is 15.1. The third kappa shape index (κ3) is 1.95. The van der Waals surface area contributed by atoms with Crippen LogP contribution >= 0.6 is 0 Å². The van der Waals surface area contributed by atoms with Crippen molar-refractivity contribution in [2.24, 2.45) is 5.73 Å². The maximum atomic E-state index is 11.2. The summed E-state index contributed by atoms with van der Waals surface area (Å²) in [5.74, 6) is -0.0173. The first-order valence-corrected chi connectivity index (χ1v) is 4.31. The van der Waals surface area contributed by atoms with Gasteiger partial charge in [-0.1, -0.05) is 29.8 Å². The average molecular weight is 177 g/mol. The zero-order valence-corrected chi connectivity index (χ0v) is 8.29. The van der Waals surface area contributed by atoms with E-state index in [9.17, 15) is 4.79 Å². The lowest BCUT2D eigenvalue weighted by Gasteiger charge is -2.21. The van der Waals surface area contributed by atoms with Gasteiger partial charge < -0.3 is 5.73 Å². The van der Waals surface area contributed by atoms with Crippen LogP contribution in [0.15, 0.2) is 24.3 Å². The first-order chi connectivity index (χ1) is 5.94. The summed E-state index contributed by atoms with van der Waals surface area (Å²) in [5.41, 5.74) is 7.06. The van der Waals surface area contributed by atoms with E-state index in [4.69, 9.17) is 5.73 Å². The summed E-state index contributed by atoms with van der Waals surface area (Å²) in [5, 5.41) is 0. The molecule has 0 fully saturated rings. The molecule has 0 radical (unpaired) electrons. The summed E-state index contributed by atoms with van der Waals surface area (Å²) in [6.45, 7) is 5.26. The molecule has 0 aliphatic rings. The van der Waals surface area contributed by atoms with Crippen molar-refractivity contribution < 1.29 is 4.79 Å². The van der Waals surface area contributed by atoms with Gasteiger partial charge >= 0.3 is 0 Å². The molecule has 1 aromatic rings. The van der Waals surface area contributed by atoms with E-state index in [1.54, 1.807) is 6.92 Å². The summed E-state index contributed by atoms with van der Waals surface area (Å²) in [6.07, 6.45) is 0. The van der Waals surface area contributed by atoms with Crippen molar-refractivity contribution >= 4 is 5.78 Å². The maximum absolute atomic E-state index is 11.2. The number of carbonyl (C=O) groups excluding carboxylic acids is 1. The fourth-order valence-electron chi connectivity index (χ4n) is 1.10. The molecule has 1 atom stereocenters. The van der Waals surface area contributed by atoms with Gasteiger partial charge in [-0.2, -0.15) is 0 Å². The number of ketones is 1. The van der Waals surface area contributed by atoms with Crippen LogP contribution in [0.25, 0.3) is 0 Å². The van der Waals surface area contributed by atoms with E-state index < -0.39 is 5.54 Å². The molecule has 2 heteroatoms. The standard InChI is InChI=1S/C11H15NO/c1-8-4-6-10(7-5-8)11(3,12)9(2)13/h4-7H,12H2,1-3H3. The van der Waals surface area contributed by atoms with E-state index in [0.717, 1.165) is 5.56 Å². The topological polar surface area (TPSA) is 43.1 Å². The van der Waals surface area contributed by atoms with Crippen LogP contribution < -0.4 is 5.73 Å². The van der Waals surface area contributed by atoms with Crippen molar-refractivity contribution in [3.05, 3.63) is 35.4 Å². The number of Topliss-reactive ketones (excluding diaryl/α,β-unsaturated/α-hetero) is 1. The molecule has 0 heterocycles. The number of rotatable bonds is 2. The van der Waals surface area contributed by atoms with Gasteiger partial charge in [-0.25, -0.2) is 0 Å². The van der Waals surface area contributed by atoms with E-state index in [0.29, 0.717) is 0 Å². The number of hydrogen-bond donors (Lipinski definition) is 1. The molecule has 0 saturated heterocycles. The van der Waals surface area contributed by atoms with Crippen LogP contribution in [-0.4, -0.2) is 5.78 Å². The summed E-state index contributed by atoms with van der Waals surface area (Å²) in [6, 6.07) is 7.72. The van der Waals surface area contributed by atoms with Gasteiger partial charge in [0.2, 0.25) is 0 Å². The Bertz CT molecular complexity index is 311. The lowest BCUT2D eigenvalue weighted by Crippen LogP contribution is -2.40. The van der Waals surface area contributed by atoms with Crippen LogP contribution in [0.2, 0.25) is 0 Å². The molecule has 13 heavy (non-hydrogen) atoms. The Hall–Kier alpha value is -1.15. The second-order valence-electron chi connectivity index (χ2n) is 3.62. The van der Waals surface area contributed by atoms with Crippen LogP contribution in [0.5, 0.6) is 0 Å². The van der Waals surface area contributed by atoms with Crippen LogP contribution in [-0.2, 0) is 10.3 Å². The minimum absolute atomic E-state index is 0.0173. The van der Waals surface area contributed by atoms with Gasteiger partial charge in [0.25, 0.3) is 0 Å². The quantitative estimate of drug-likeness (QED) is 0.748. The van der Waals surface area contributed by atoms with Crippen LogP contribution in [0.3, 0.4) is 0 Å². The Labute approximate surface area is 78.8 Å². The largest absolute Gasteiger partial charge is 0.316 e. The molecule has 0 aliphatic carbocycles. The van der Waals surface area contributed by atoms with Crippen LogP contribution in [0, 0.1) is 6.92 Å². The lowest BCUT2D eigenvalue weighted by atomic mass is 9.89. The predicted octanol–water partition coefficient (Wildman–Crippen LogP) is 1.76. The number of nitrogens with two attached hydrogens (primary N) is 1. The third-order valence-corrected chi connectivity index (χ3v) is 2.38. The first-order valence-electron chi connectivity index (χ1n) is 4.31. The van der Waals surface area contributed by atoms with Crippen molar-refractivity contribution in [1.82, 2.24) is 0 Å². The van der Waals surface area contributed by atoms with Gasteiger partial charge in [0.05, 0.1) is 5.54 Å². The van der Waals surface area contributed by atoms with E-state index in [2.05, 4.69) is 0 Å². The minimum atomic E-state index is -0.853. The smallest absolute Gasteiger partial charge is 0.153 e. The molecule has 2 nitrogen and oxygen atoms in total. The van der Waals surface area contributed by atoms with Crippen LogP contribution in [0.1, 0.15) is 25.0 Å². The molecule has 1 aromatic carbocycles. The number of benzene rings is 1. The monoisotopic (exact) mass is 177 g/mol. The molecule has 2 N–H and O–H groups in total. The second-order valence-corrected chi connectivity index (χ2v) is 3.62. The molecule has 1 rings (SSSR count). The second kappa shape index (κ2) is 3.30. The van der Waals surface area contributed by atoms with Crippen molar-refractivity contribution in [2.45, 2.75) is 26.3 Å². The summed E-state index contributed by atoms with van der Waals surface area (Å²) < 4.78 is 0. The summed E-state index contributed by atoms with van der Waals surface area (Å²) in [4.78, 5) is 11.2.